The Balaban J connectivity index is 1.16. The van der Waals surface area contributed by atoms with E-state index in [0.29, 0.717) is 22.1 Å². The lowest BCUT2D eigenvalue weighted by atomic mass is 10.1. The van der Waals surface area contributed by atoms with Crippen LogP contribution in [0.3, 0.4) is 0 Å². The van der Waals surface area contributed by atoms with Crippen LogP contribution in [-0.2, 0) is 20.2 Å². The molecule has 0 spiro atoms. The van der Waals surface area contributed by atoms with E-state index >= 15 is 0 Å². The summed E-state index contributed by atoms with van der Waals surface area (Å²) in [5.41, 5.74) is 15.6. The molecule has 0 fully saturated rings. The minimum Gasteiger partial charge on any atom is -0.744 e. The first-order valence-electron chi connectivity index (χ1n) is 14.1. The summed E-state index contributed by atoms with van der Waals surface area (Å²) in [5.74, 6) is 0. The molecule has 0 unspecified atom stereocenters. The van der Waals surface area contributed by atoms with Crippen LogP contribution in [0.2, 0.25) is 0 Å². The number of benzene rings is 6. The maximum atomic E-state index is 11.9. The third kappa shape index (κ3) is 6.82. The van der Waals surface area contributed by atoms with Crippen molar-refractivity contribution in [3.8, 4) is 0 Å². The molecule has 0 heterocycles. The van der Waals surface area contributed by atoms with Crippen LogP contribution in [0.4, 0.5) is 34.1 Å². The number of nitrogen functional groups attached to an aromatic ring is 2. The Labute approximate surface area is 275 Å². The van der Waals surface area contributed by atoms with Crippen molar-refractivity contribution < 1.29 is 25.9 Å². The molecule has 14 heteroatoms. The van der Waals surface area contributed by atoms with E-state index in [2.05, 4.69) is 20.5 Å². The maximum Gasteiger partial charge on any atom is 0.125 e. The van der Waals surface area contributed by atoms with Crippen LogP contribution in [0.1, 0.15) is 11.1 Å². The van der Waals surface area contributed by atoms with Gasteiger partial charge in [0, 0.05) is 21.5 Å². The minimum absolute atomic E-state index is 0.0657. The first kappa shape index (κ1) is 32.2. The molecule has 0 bridgehead atoms. The zero-order valence-electron chi connectivity index (χ0n) is 24.8. The Morgan fingerprint density at radius 1 is 0.479 bits per heavy atom. The fraction of sp³-hybridized carbons (Fsp3) is 0. The smallest absolute Gasteiger partial charge is 0.125 e. The van der Waals surface area contributed by atoms with Crippen LogP contribution in [0.15, 0.2) is 139 Å². The molecule has 0 saturated heterocycles. The van der Waals surface area contributed by atoms with E-state index in [-0.39, 0.29) is 33.5 Å². The minimum atomic E-state index is -4.77. The Hall–Kier alpha value is -5.80. The van der Waals surface area contributed by atoms with Gasteiger partial charge in [0.1, 0.15) is 31.6 Å². The Kier molecular flexibility index (Phi) is 8.56. The molecule has 6 aromatic carbocycles. The zero-order valence-corrected chi connectivity index (χ0v) is 26.4. The van der Waals surface area contributed by atoms with Crippen LogP contribution >= 0.6 is 0 Å². The van der Waals surface area contributed by atoms with Gasteiger partial charge in [-0.3, -0.25) is 0 Å². The van der Waals surface area contributed by atoms with Crippen molar-refractivity contribution in [2.75, 3.05) is 11.5 Å². The summed E-state index contributed by atoms with van der Waals surface area (Å²) in [4.78, 5) is -0.834. The molecule has 0 saturated carbocycles. The lowest BCUT2D eigenvalue weighted by molar-refractivity contribution is 0.462. The highest BCUT2D eigenvalue weighted by Crippen LogP contribution is 2.38. The number of azo groups is 2. The van der Waals surface area contributed by atoms with Crippen molar-refractivity contribution in [3.05, 3.63) is 120 Å². The van der Waals surface area contributed by atoms with Gasteiger partial charge in [-0.25, -0.2) is 16.8 Å². The number of nitrogens with zero attached hydrogens (tertiary/aromatic N) is 4. The van der Waals surface area contributed by atoms with E-state index in [4.69, 9.17) is 11.5 Å². The number of fused-ring (bicyclic) bond motifs is 2. The first-order valence-corrected chi connectivity index (χ1v) is 17.0. The molecule has 6 aromatic rings. The van der Waals surface area contributed by atoms with Gasteiger partial charge in [0.2, 0.25) is 0 Å². The molecular weight excluding hydrogens is 653 g/mol. The van der Waals surface area contributed by atoms with Gasteiger partial charge in [-0.05, 0) is 47.5 Å². The average Bonchev–Trinajstić information content (AvgIpc) is 3.07. The third-order valence-electron chi connectivity index (χ3n) is 7.39. The highest BCUT2D eigenvalue weighted by molar-refractivity contribution is 7.86. The largest absolute Gasteiger partial charge is 0.744 e. The van der Waals surface area contributed by atoms with Crippen LogP contribution in [0, 0.1) is 0 Å². The van der Waals surface area contributed by atoms with E-state index in [9.17, 15) is 25.9 Å². The molecular formula is C34H24N6O6S2-2. The number of hydrogen-bond acceptors (Lipinski definition) is 12. The summed E-state index contributed by atoms with van der Waals surface area (Å²) in [6.45, 7) is 0. The van der Waals surface area contributed by atoms with E-state index in [1.165, 1.54) is 12.1 Å². The predicted molar refractivity (Wildman–Crippen MR) is 183 cm³/mol. The fourth-order valence-electron chi connectivity index (χ4n) is 5.00. The van der Waals surface area contributed by atoms with Crippen LogP contribution in [0.5, 0.6) is 0 Å². The number of hydrogen-bond donors (Lipinski definition) is 2. The summed E-state index contributed by atoms with van der Waals surface area (Å²) in [5, 5.41) is 17.8. The zero-order chi connectivity index (χ0) is 34.1. The molecule has 12 nitrogen and oxygen atoms in total. The van der Waals surface area contributed by atoms with E-state index < -0.39 is 30.0 Å². The van der Waals surface area contributed by atoms with Crippen LogP contribution in [0.25, 0.3) is 33.7 Å². The van der Waals surface area contributed by atoms with Gasteiger partial charge in [0.15, 0.2) is 0 Å². The fourth-order valence-corrected chi connectivity index (χ4v) is 6.41. The second-order valence-corrected chi connectivity index (χ2v) is 13.2. The molecule has 0 aromatic heterocycles. The van der Waals surface area contributed by atoms with Crippen molar-refractivity contribution in [1.82, 2.24) is 0 Å². The van der Waals surface area contributed by atoms with Gasteiger partial charge in [0.05, 0.1) is 32.5 Å². The first-order chi connectivity index (χ1) is 22.9. The highest BCUT2D eigenvalue weighted by Gasteiger charge is 2.15. The lowest BCUT2D eigenvalue weighted by Gasteiger charge is -2.13. The summed E-state index contributed by atoms with van der Waals surface area (Å²) < 4.78 is 71.1. The molecule has 0 radical (unpaired) electrons. The topological polar surface area (TPSA) is 216 Å². The van der Waals surface area contributed by atoms with Crippen LogP contribution < -0.4 is 11.5 Å². The quantitative estimate of drug-likeness (QED) is 0.0695. The number of rotatable bonds is 8. The van der Waals surface area contributed by atoms with Crippen molar-refractivity contribution in [2.45, 2.75) is 9.79 Å². The molecule has 240 valence electrons. The van der Waals surface area contributed by atoms with Crippen LogP contribution in [-0.4, -0.2) is 25.9 Å². The van der Waals surface area contributed by atoms with Gasteiger partial charge in [-0.15, -0.1) is 10.2 Å². The van der Waals surface area contributed by atoms with Gasteiger partial charge >= 0.3 is 0 Å². The molecule has 0 aliphatic heterocycles. The summed E-state index contributed by atoms with van der Waals surface area (Å²) >= 11 is 0. The second-order valence-electron chi connectivity index (χ2n) is 10.5. The molecule has 4 N–H and O–H groups in total. The predicted octanol–water partition coefficient (Wildman–Crippen LogP) is 7.97. The second kappa shape index (κ2) is 12.8. The standard InChI is InChI=1S/C34H26N6O6S2/c35-33-27-7-3-1-5-25(27)31(47(41,42)43)19-29(33)39-37-23-15-11-21(12-16-23)9-10-22-13-17-24(18-14-22)38-40-30-20-32(48(44,45)46)26-6-2-4-8-28(26)34(30)36/h1-20H,35-36H2,(H,41,42,43)(H,44,45,46)/p-2. The number of anilines is 2. The van der Waals surface area contributed by atoms with Crippen molar-refractivity contribution >= 4 is 88.1 Å². The lowest BCUT2D eigenvalue weighted by Crippen LogP contribution is -2.01. The summed E-state index contributed by atoms with van der Waals surface area (Å²) in [7, 11) is -9.55. The van der Waals surface area contributed by atoms with Gasteiger partial charge in [-0.1, -0.05) is 84.9 Å². The summed E-state index contributed by atoms with van der Waals surface area (Å²) in [6.07, 6.45) is 3.76. The Morgan fingerprint density at radius 3 is 1.15 bits per heavy atom. The van der Waals surface area contributed by atoms with Crippen molar-refractivity contribution in [2.24, 2.45) is 20.5 Å². The van der Waals surface area contributed by atoms with E-state index in [0.717, 1.165) is 23.3 Å². The molecule has 0 amide bonds. The van der Waals surface area contributed by atoms with Crippen molar-refractivity contribution in [3.63, 3.8) is 0 Å². The highest BCUT2D eigenvalue weighted by atomic mass is 32.2. The molecule has 6 rings (SSSR count). The van der Waals surface area contributed by atoms with E-state index in [1.54, 1.807) is 60.7 Å². The maximum absolute atomic E-state index is 11.9. The van der Waals surface area contributed by atoms with E-state index in [1.807, 2.05) is 36.4 Å². The third-order valence-corrected chi connectivity index (χ3v) is 9.15. The summed E-state index contributed by atoms with van der Waals surface area (Å²) in [6, 6.07) is 29.2. The number of nitrogens with two attached hydrogens (primary N) is 2. The molecule has 48 heavy (non-hydrogen) atoms. The van der Waals surface area contributed by atoms with Gasteiger partial charge < -0.3 is 20.6 Å². The van der Waals surface area contributed by atoms with Gasteiger partial charge in [-0.2, -0.15) is 10.2 Å². The van der Waals surface area contributed by atoms with Crippen molar-refractivity contribution in [1.29, 1.82) is 0 Å². The Bertz CT molecular complexity index is 2340. The Morgan fingerprint density at radius 2 is 0.812 bits per heavy atom. The molecule has 0 aliphatic rings. The van der Waals surface area contributed by atoms with Gasteiger partial charge in [0.25, 0.3) is 0 Å². The normalized spacial score (nSPS) is 12.6. The molecule has 0 atom stereocenters. The monoisotopic (exact) mass is 676 g/mol. The average molecular weight is 677 g/mol. The molecule has 0 aliphatic carbocycles. The SMILES string of the molecule is Nc1c(N=Nc2ccc(C=Cc3ccc(N=Nc4cc(S(=O)(=O)[O-])c5ccccc5c4N)cc3)cc2)cc(S(=O)(=O)[O-])c2ccccc12.